The van der Waals surface area contributed by atoms with E-state index in [1.807, 2.05) is 30.4 Å². The molecule has 264 valence electrons. The molecule has 2 aliphatic heterocycles. The summed E-state index contributed by atoms with van der Waals surface area (Å²) in [5.41, 5.74) is -1.21. The van der Waals surface area contributed by atoms with Gasteiger partial charge in [-0.2, -0.15) is 0 Å². The number of nitrogens with one attached hydrogen (secondary N) is 2. The van der Waals surface area contributed by atoms with Crippen molar-refractivity contribution in [2.75, 3.05) is 20.3 Å². The van der Waals surface area contributed by atoms with Gasteiger partial charge >= 0.3 is 12.1 Å². The maximum Gasteiger partial charge on any atom is 0.408 e. The number of alkyl carbamates (subject to hydrolysis) is 1. The molecule has 3 aliphatic rings. The van der Waals surface area contributed by atoms with Crippen LogP contribution >= 0.6 is 0 Å². The van der Waals surface area contributed by atoms with Crippen LogP contribution in [0.25, 0.3) is 16.8 Å². The fourth-order valence-electron chi connectivity index (χ4n) is 6.62. The first-order valence-corrected chi connectivity index (χ1v) is 17.1. The summed E-state index contributed by atoms with van der Waals surface area (Å²) >= 11 is 0. The highest BCUT2D eigenvalue weighted by atomic mass is 16.6. The first-order valence-electron chi connectivity index (χ1n) is 17.1. The summed E-state index contributed by atoms with van der Waals surface area (Å²) in [6, 6.07) is 3.67. The molecule has 1 aromatic heterocycles. The predicted octanol–water partition coefficient (Wildman–Crippen LogP) is 5.09. The number of allylic oxidation sites excluding steroid dienone is 1. The van der Waals surface area contributed by atoms with Crippen LogP contribution in [0.15, 0.2) is 43.1 Å². The van der Waals surface area contributed by atoms with Gasteiger partial charge in [0.05, 0.1) is 20.3 Å². The smallest absolute Gasteiger partial charge is 0.408 e. The molecule has 5 rings (SSSR count). The Morgan fingerprint density at radius 2 is 2.00 bits per heavy atom. The molecule has 49 heavy (non-hydrogen) atoms. The number of amides is 3. The Hall–Kier alpha value is -4.61. The lowest BCUT2D eigenvalue weighted by atomic mass is 10.0. The number of ether oxygens (including phenoxy) is 4. The van der Waals surface area contributed by atoms with Crippen molar-refractivity contribution in [2.45, 2.75) is 102 Å². The zero-order valence-corrected chi connectivity index (χ0v) is 29.1. The molecular weight excluding hydrogens is 628 g/mol. The van der Waals surface area contributed by atoms with Crippen molar-refractivity contribution in [1.29, 1.82) is 0 Å². The first-order chi connectivity index (χ1) is 23.4. The Morgan fingerprint density at radius 1 is 1.20 bits per heavy atom. The van der Waals surface area contributed by atoms with Crippen LogP contribution in [0.3, 0.4) is 0 Å². The second kappa shape index (κ2) is 14.9. The van der Waals surface area contributed by atoms with Crippen LogP contribution in [0.5, 0.6) is 11.6 Å². The summed E-state index contributed by atoms with van der Waals surface area (Å²) in [5, 5.41) is 7.30. The Labute approximate surface area is 287 Å². The van der Waals surface area contributed by atoms with Gasteiger partial charge in [-0.15, -0.1) is 0 Å². The second-order valence-corrected chi connectivity index (χ2v) is 13.9. The van der Waals surface area contributed by atoms with Crippen LogP contribution in [0, 0.1) is 5.92 Å². The number of esters is 1. The standard InChI is InChI=1S/C37H48N4O8/c1-7-23-18-27-24(19-30(23)46-6)16-17-38-32(27)48-26-20-29-31(42)40-37(34(44)47-8-2)21-25(37)14-12-10-9-11-13-15-28(33(43)41(29)22-26)39-35(45)49-36(3,4)5/h7,12,14,16-19,25-26,28-29H,1,8-11,13,15,20-22H2,2-6H3,(H,39,45)(H,40,42)/b14-12-/t25-,26-,28+,29+,37-/m1/s1. The highest BCUT2D eigenvalue weighted by Crippen LogP contribution is 2.46. The van der Waals surface area contributed by atoms with E-state index in [2.05, 4.69) is 22.2 Å². The third-order valence-electron chi connectivity index (χ3n) is 9.15. The Kier molecular flexibility index (Phi) is 10.8. The molecule has 1 aromatic carbocycles. The summed E-state index contributed by atoms with van der Waals surface area (Å²) in [4.78, 5) is 60.6. The SMILES string of the molecule is C=Cc1cc2c(O[C@@H]3C[C@H]4C(=O)N[C@]5(C(=O)OCC)C[C@H]5/C=C\CCCCC[C@H](NC(=O)OC(C)(C)C)C(=O)N4C3)nccc2cc1OC. The lowest BCUT2D eigenvalue weighted by Crippen LogP contribution is -2.56. The summed E-state index contributed by atoms with van der Waals surface area (Å²) in [6.45, 7) is 11.1. The molecule has 2 aromatic rings. The zero-order valence-electron chi connectivity index (χ0n) is 29.1. The zero-order chi connectivity index (χ0) is 35.3. The van der Waals surface area contributed by atoms with E-state index < -0.39 is 53.2 Å². The molecule has 0 radical (unpaired) electrons. The van der Waals surface area contributed by atoms with Crippen LogP contribution in [-0.2, 0) is 23.9 Å². The molecule has 5 atom stereocenters. The van der Waals surface area contributed by atoms with E-state index in [4.69, 9.17) is 18.9 Å². The van der Waals surface area contributed by atoms with Crippen molar-refractivity contribution in [1.82, 2.24) is 20.5 Å². The molecule has 3 heterocycles. The lowest BCUT2D eigenvalue weighted by molar-refractivity contribution is -0.150. The van der Waals surface area contributed by atoms with E-state index in [-0.39, 0.29) is 25.5 Å². The van der Waals surface area contributed by atoms with Gasteiger partial charge in [0.1, 0.15) is 35.1 Å². The van der Waals surface area contributed by atoms with Gasteiger partial charge in [0.25, 0.3) is 0 Å². The fraction of sp³-hybridized carbons (Fsp3) is 0.541. The number of pyridine rings is 1. The molecule has 0 unspecified atom stereocenters. The first kappa shape index (κ1) is 35.7. The molecule has 2 fully saturated rings. The van der Waals surface area contributed by atoms with Gasteiger partial charge in [0.15, 0.2) is 0 Å². The van der Waals surface area contributed by atoms with Crippen molar-refractivity contribution >= 4 is 40.7 Å². The molecule has 2 N–H and O–H groups in total. The number of fused-ring (bicyclic) bond motifs is 3. The monoisotopic (exact) mass is 676 g/mol. The number of nitrogens with zero attached hydrogens (tertiary/aromatic N) is 2. The quantitative estimate of drug-likeness (QED) is 0.303. The van der Waals surface area contributed by atoms with Crippen molar-refractivity contribution in [3.63, 3.8) is 0 Å². The summed E-state index contributed by atoms with van der Waals surface area (Å²) in [5.74, 6) is -0.630. The van der Waals surface area contributed by atoms with E-state index in [0.717, 1.165) is 35.6 Å². The van der Waals surface area contributed by atoms with E-state index in [9.17, 15) is 19.2 Å². The van der Waals surface area contributed by atoms with Crippen molar-refractivity contribution in [3.05, 3.63) is 48.7 Å². The maximum absolute atomic E-state index is 14.4. The van der Waals surface area contributed by atoms with E-state index in [0.29, 0.717) is 30.9 Å². The largest absolute Gasteiger partial charge is 0.496 e. The van der Waals surface area contributed by atoms with Gasteiger partial charge in [-0.3, -0.25) is 9.59 Å². The minimum absolute atomic E-state index is 0.0572. The number of aromatic nitrogens is 1. The number of carbonyl (C=O) groups is 4. The Bertz CT molecular complexity index is 1620. The molecule has 3 amide bonds. The third-order valence-corrected chi connectivity index (χ3v) is 9.15. The van der Waals surface area contributed by atoms with Gasteiger partial charge in [-0.05, 0) is 77.0 Å². The molecule has 12 heteroatoms. The van der Waals surface area contributed by atoms with Crippen molar-refractivity contribution in [2.24, 2.45) is 5.92 Å². The molecule has 1 aliphatic carbocycles. The number of rotatable bonds is 7. The van der Waals surface area contributed by atoms with Crippen molar-refractivity contribution < 1.29 is 38.1 Å². The third kappa shape index (κ3) is 8.17. The molecule has 1 saturated carbocycles. The predicted molar refractivity (Wildman–Crippen MR) is 184 cm³/mol. The Morgan fingerprint density at radius 3 is 2.71 bits per heavy atom. The van der Waals surface area contributed by atoms with Gasteiger partial charge in [0, 0.05) is 29.5 Å². The average Bonchev–Trinajstić information content (AvgIpc) is 3.58. The van der Waals surface area contributed by atoms with Crippen LogP contribution < -0.4 is 20.1 Å². The number of hydrogen-bond acceptors (Lipinski definition) is 9. The minimum Gasteiger partial charge on any atom is -0.496 e. The fourth-order valence-corrected chi connectivity index (χ4v) is 6.62. The van der Waals surface area contributed by atoms with Gasteiger partial charge in [-0.25, -0.2) is 14.6 Å². The second-order valence-electron chi connectivity index (χ2n) is 13.9. The van der Waals surface area contributed by atoms with E-state index in [1.165, 1.54) is 4.90 Å². The van der Waals surface area contributed by atoms with E-state index >= 15 is 0 Å². The van der Waals surface area contributed by atoms with Crippen LogP contribution in [0.2, 0.25) is 0 Å². The van der Waals surface area contributed by atoms with Gasteiger partial charge in [0.2, 0.25) is 17.7 Å². The summed E-state index contributed by atoms with van der Waals surface area (Å²) < 4.78 is 22.9. The molecule has 0 bridgehead atoms. The summed E-state index contributed by atoms with van der Waals surface area (Å²) in [6.07, 6.45) is 10.1. The molecule has 1 saturated heterocycles. The number of hydrogen-bond donors (Lipinski definition) is 2. The van der Waals surface area contributed by atoms with Crippen LogP contribution in [0.4, 0.5) is 4.79 Å². The number of benzene rings is 1. The summed E-state index contributed by atoms with van der Waals surface area (Å²) in [7, 11) is 1.59. The van der Waals surface area contributed by atoms with Gasteiger partial charge in [-0.1, -0.05) is 37.6 Å². The van der Waals surface area contributed by atoms with Gasteiger partial charge < -0.3 is 34.5 Å². The van der Waals surface area contributed by atoms with Crippen LogP contribution in [-0.4, -0.2) is 83.3 Å². The molecule has 0 spiro atoms. The van der Waals surface area contributed by atoms with Crippen molar-refractivity contribution in [3.8, 4) is 11.6 Å². The normalized spacial score (nSPS) is 26.6. The molecule has 12 nitrogen and oxygen atoms in total. The maximum atomic E-state index is 14.4. The lowest BCUT2D eigenvalue weighted by Gasteiger charge is -2.30. The average molecular weight is 677 g/mol. The minimum atomic E-state index is -1.21. The highest BCUT2D eigenvalue weighted by Gasteiger charge is 2.62. The molecular formula is C37H48N4O8. The number of carbonyl (C=O) groups excluding carboxylic acids is 4. The highest BCUT2D eigenvalue weighted by molar-refractivity contribution is 5.97. The number of methoxy groups -OCH3 is 1. The Balaban J connectivity index is 1.48. The van der Waals surface area contributed by atoms with E-state index in [1.54, 1.807) is 47.1 Å². The topological polar surface area (TPSA) is 145 Å². The van der Waals surface area contributed by atoms with Crippen LogP contribution in [0.1, 0.15) is 78.2 Å².